The Morgan fingerprint density at radius 2 is 1.90 bits per heavy atom. The lowest BCUT2D eigenvalue weighted by atomic mass is 10.2. The third kappa shape index (κ3) is 4.75. The van der Waals surface area contributed by atoms with Crippen molar-refractivity contribution in [3.63, 3.8) is 0 Å². The number of alkyl halides is 4. The molecule has 1 N–H and O–H groups in total. The third-order valence-corrected chi connectivity index (χ3v) is 4.84. The molecule has 1 aromatic carbocycles. The van der Waals surface area contributed by atoms with Crippen LogP contribution in [0.4, 0.5) is 13.2 Å². The van der Waals surface area contributed by atoms with Crippen molar-refractivity contribution in [1.29, 1.82) is 0 Å². The van der Waals surface area contributed by atoms with Crippen LogP contribution in [0.5, 0.6) is 0 Å². The molecule has 1 aromatic rings. The Morgan fingerprint density at radius 1 is 1.30 bits per heavy atom. The van der Waals surface area contributed by atoms with E-state index in [0.29, 0.717) is 0 Å². The number of halogens is 4. The smallest absolute Gasteiger partial charge is 0.210 e. The maximum atomic E-state index is 12.8. The van der Waals surface area contributed by atoms with Crippen LogP contribution < -0.4 is 4.72 Å². The van der Waals surface area contributed by atoms with Gasteiger partial charge in [0.2, 0.25) is 10.0 Å². The zero-order valence-corrected chi connectivity index (χ0v) is 13.1. The Kier molecular flexibility index (Phi) is 6.03. The van der Waals surface area contributed by atoms with Crippen molar-refractivity contribution in [3.05, 3.63) is 29.8 Å². The molecule has 0 heterocycles. The Bertz CT molecular complexity index is 546. The minimum absolute atomic E-state index is 0.0440. The standard InChI is InChI=1S/C12H15BrF3NO2S/c1-2-5-9(13)8-17-20(18,19)11-7-4-3-6-10(11)12(14,15)16/h3-4,6-7,9,17H,2,5,8H2,1H3. The fourth-order valence-electron chi connectivity index (χ4n) is 1.63. The highest BCUT2D eigenvalue weighted by atomic mass is 79.9. The van der Waals surface area contributed by atoms with Crippen LogP contribution in [0.15, 0.2) is 29.2 Å². The van der Waals surface area contributed by atoms with E-state index in [4.69, 9.17) is 0 Å². The molecule has 0 amide bonds. The SMILES string of the molecule is CCCC(Br)CNS(=O)(=O)c1ccccc1C(F)(F)F. The Labute approximate surface area is 124 Å². The molecule has 0 aliphatic rings. The minimum atomic E-state index is -4.71. The Hall–Kier alpha value is -0.600. The second-order valence-electron chi connectivity index (χ2n) is 4.23. The van der Waals surface area contributed by atoms with Crippen LogP contribution >= 0.6 is 15.9 Å². The van der Waals surface area contributed by atoms with E-state index in [0.717, 1.165) is 31.0 Å². The first-order valence-corrected chi connectivity index (χ1v) is 8.38. The first kappa shape index (κ1) is 17.5. The summed E-state index contributed by atoms with van der Waals surface area (Å²) in [6, 6.07) is 4.13. The first-order valence-electron chi connectivity index (χ1n) is 5.98. The van der Waals surface area contributed by atoms with Crippen LogP contribution in [0.3, 0.4) is 0 Å². The molecule has 8 heteroatoms. The molecule has 0 aliphatic carbocycles. The van der Waals surface area contributed by atoms with Gasteiger partial charge >= 0.3 is 6.18 Å². The summed E-state index contributed by atoms with van der Waals surface area (Å²) in [6.45, 7) is 1.98. The normalized spacial score (nSPS) is 14.2. The highest BCUT2D eigenvalue weighted by Gasteiger charge is 2.36. The van der Waals surface area contributed by atoms with Gasteiger partial charge in [-0.1, -0.05) is 41.4 Å². The van der Waals surface area contributed by atoms with E-state index in [1.165, 1.54) is 6.07 Å². The number of sulfonamides is 1. The number of hydrogen-bond acceptors (Lipinski definition) is 2. The lowest BCUT2D eigenvalue weighted by Gasteiger charge is -2.15. The Balaban J connectivity index is 2.99. The van der Waals surface area contributed by atoms with Crippen molar-refractivity contribution in [2.75, 3.05) is 6.54 Å². The molecule has 0 fully saturated rings. The second kappa shape index (κ2) is 6.91. The molecule has 0 saturated carbocycles. The summed E-state index contributed by atoms with van der Waals surface area (Å²) >= 11 is 3.27. The second-order valence-corrected chi connectivity index (χ2v) is 7.26. The predicted octanol–water partition coefficient (Wildman–Crippen LogP) is 3.55. The van der Waals surface area contributed by atoms with Crippen molar-refractivity contribution < 1.29 is 21.6 Å². The van der Waals surface area contributed by atoms with Gasteiger partial charge < -0.3 is 0 Å². The van der Waals surface area contributed by atoms with Crippen LogP contribution in [0, 0.1) is 0 Å². The predicted molar refractivity (Wildman–Crippen MR) is 74.3 cm³/mol. The zero-order valence-electron chi connectivity index (χ0n) is 10.7. The molecule has 3 nitrogen and oxygen atoms in total. The number of nitrogens with one attached hydrogen (secondary N) is 1. The summed E-state index contributed by atoms with van der Waals surface area (Å²) in [7, 11) is -4.19. The molecular formula is C12H15BrF3NO2S. The van der Waals surface area contributed by atoms with Crippen molar-refractivity contribution in [2.45, 2.75) is 35.7 Å². The van der Waals surface area contributed by atoms with Crippen molar-refractivity contribution in [1.82, 2.24) is 4.72 Å². The number of hydrogen-bond donors (Lipinski definition) is 1. The lowest BCUT2D eigenvalue weighted by Crippen LogP contribution is -2.31. The minimum Gasteiger partial charge on any atom is -0.210 e. The molecule has 1 atom stereocenters. The van der Waals surface area contributed by atoms with Crippen molar-refractivity contribution in [3.8, 4) is 0 Å². The summed E-state index contributed by atoms with van der Waals surface area (Å²) in [5, 5.41) is 0. The van der Waals surface area contributed by atoms with Crippen molar-refractivity contribution >= 4 is 26.0 Å². The molecule has 0 aromatic heterocycles. The molecule has 0 bridgehead atoms. The molecule has 0 saturated heterocycles. The molecule has 0 aliphatic heterocycles. The molecule has 20 heavy (non-hydrogen) atoms. The average Bonchev–Trinajstić information content (AvgIpc) is 2.36. The Morgan fingerprint density at radius 3 is 2.45 bits per heavy atom. The van der Waals surface area contributed by atoms with Gasteiger partial charge in [-0.3, -0.25) is 0 Å². The molecule has 0 spiro atoms. The van der Waals surface area contributed by atoms with Gasteiger partial charge in [0.1, 0.15) is 0 Å². The van der Waals surface area contributed by atoms with Crippen LogP contribution in [-0.2, 0) is 16.2 Å². The van der Waals surface area contributed by atoms with Crippen LogP contribution in [0.1, 0.15) is 25.3 Å². The fourth-order valence-corrected chi connectivity index (χ4v) is 3.77. The van der Waals surface area contributed by atoms with Crippen LogP contribution in [0.2, 0.25) is 0 Å². The summed E-state index contributed by atoms with van der Waals surface area (Å²) in [4.78, 5) is -0.857. The van der Waals surface area contributed by atoms with Gasteiger partial charge in [0, 0.05) is 11.4 Å². The summed E-state index contributed by atoms with van der Waals surface area (Å²) in [5.74, 6) is 0. The van der Waals surface area contributed by atoms with Gasteiger partial charge in [0.05, 0.1) is 10.5 Å². The van der Waals surface area contributed by atoms with Gasteiger partial charge in [-0.15, -0.1) is 0 Å². The summed E-state index contributed by atoms with van der Waals surface area (Å²) in [6.07, 6.45) is -3.14. The zero-order chi connectivity index (χ0) is 15.4. The maximum absolute atomic E-state index is 12.8. The topological polar surface area (TPSA) is 46.2 Å². The molecule has 1 rings (SSSR count). The first-order chi connectivity index (χ1) is 9.18. The van der Waals surface area contributed by atoms with Gasteiger partial charge in [-0.2, -0.15) is 13.2 Å². The van der Waals surface area contributed by atoms with Crippen molar-refractivity contribution in [2.24, 2.45) is 0 Å². The number of benzene rings is 1. The molecule has 0 radical (unpaired) electrons. The summed E-state index contributed by atoms with van der Waals surface area (Å²) < 4.78 is 64.5. The van der Waals surface area contributed by atoms with Crippen LogP contribution in [-0.4, -0.2) is 19.8 Å². The van der Waals surface area contributed by atoms with E-state index in [-0.39, 0.29) is 11.4 Å². The van der Waals surface area contributed by atoms with Gasteiger partial charge in [0.15, 0.2) is 0 Å². The highest BCUT2D eigenvalue weighted by molar-refractivity contribution is 9.09. The fraction of sp³-hybridized carbons (Fsp3) is 0.500. The maximum Gasteiger partial charge on any atom is 0.417 e. The molecular weight excluding hydrogens is 359 g/mol. The summed E-state index contributed by atoms with van der Waals surface area (Å²) in [5.41, 5.74) is -1.16. The van der Waals surface area contributed by atoms with Gasteiger partial charge in [-0.05, 0) is 18.6 Å². The van der Waals surface area contributed by atoms with Crippen LogP contribution in [0.25, 0.3) is 0 Å². The van der Waals surface area contributed by atoms with Gasteiger partial charge in [-0.25, -0.2) is 13.1 Å². The number of rotatable bonds is 6. The van der Waals surface area contributed by atoms with Gasteiger partial charge in [0.25, 0.3) is 0 Å². The highest BCUT2D eigenvalue weighted by Crippen LogP contribution is 2.33. The largest absolute Gasteiger partial charge is 0.417 e. The van der Waals surface area contributed by atoms with E-state index in [2.05, 4.69) is 20.7 Å². The van der Waals surface area contributed by atoms with E-state index >= 15 is 0 Å². The molecule has 1 unspecified atom stereocenters. The third-order valence-electron chi connectivity index (χ3n) is 2.58. The molecule has 114 valence electrons. The van der Waals surface area contributed by atoms with E-state index in [1.54, 1.807) is 0 Å². The van der Waals surface area contributed by atoms with E-state index < -0.39 is 26.7 Å². The lowest BCUT2D eigenvalue weighted by molar-refractivity contribution is -0.139. The van der Waals surface area contributed by atoms with E-state index in [9.17, 15) is 21.6 Å². The quantitative estimate of drug-likeness (QED) is 0.775. The monoisotopic (exact) mass is 373 g/mol. The van der Waals surface area contributed by atoms with E-state index in [1.807, 2.05) is 6.92 Å². The average molecular weight is 374 g/mol.